The van der Waals surface area contributed by atoms with Gasteiger partial charge in [0.05, 0.1) is 29.6 Å². The molecule has 0 spiro atoms. The van der Waals surface area contributed by atoms with Crippen LogP contribution in [0.2, 0.25) is 0 Å². The standard InChI is InChI=1S/C22H18N6O3S/c23-13-19-8-11-21(12-22(19)18-4-2-1-3-5-18)27(28-16-24-15-25-28)14-17-6-9-20(10-7-17)26-32(29,30)31/h1-12,15-16,26H,14H2,(H,29,30,31). The van der Waals surface area contributed by atoms with Crippen molar-refractivity contribution in [3.8, 4) is 17.2 Å². The van der Waals surface area contributed by atoms with Crippen molar-refractivity contribution in [3.63, 3.8) is 0 Å². The molecule has 10 heteroatoms. The topological polar surface area (TPSA) is 124 Å². The fourth-order valence-electron chi connectivity index (χ4n) is 3.26. The van der Waals surface area contributed by atoms with Crippen molar-refractivity contribution in [1.82, 2.24) is 14.9 Å². The second-order valence-corrected chi connectivity index (χ2v) is 8.01. The fraction of sp³-hybridized carbons (Fsp3) is 0.0455. The van der Waals surface area contributed by atoms with Crippen LogP contribution in [-0.4, -0.2) is 27.8 Å². The first-order valence-corrected chi connectivity index (χ1v) is 10.9. The van der Waals surface area contributed by atoms with Crippen LogP contribution in [0.5, 0.6) is 0 Å². The van der Waals surface area contributed by atoms with E-state index in [2.05, 4.69) is 16.2 Å². The van der Waals surface area contributed by atoms with Crippen LogP contribution in [0.3, 0.4) is 0 Å². The summed E-state index contributed by atoms with van der Waals surface area (Å²) in [6, 6.07) is 24.0. The third-order valence-corrected chi connectivity index (χ3v) is 5.19. The second-order valence-electron chi connectivity index (χ2n) is 6.86. The summed E-state index contributed by atoms with van der Waals surface area (Å²) in [6.07, 6.45) is 2.99. The van der Waals surface area contributed by atoms with Crippen LogP contribution in [0.25, 0.3) is 11.1 Å². The minimum atomic E-state index is -4.34. The zero-order chi connectivity index (χ0) is 22.6. The number of aromatic nitrogens is 3. The number of anilines is 2. The molecule has 0 radical (unpaired) electrons. The van der Waals surface area contributed by atoms with E-state index in [0.29, 0.717) is 12.1 Å². The lowest BCUT2D eigenvalue weighted by atomic mass is 9.99. The summed E-state index contributed by atoms with van der Waals surface area (Å²) in [4.78, 5) is 5.62. The van der Waals surface area contributed by atoms with Crippen molar-refractivity contribution in [2.24, 2.45) is 0 Å². The van der Waals surface area contributed by atoms with Gasteiger partial charge in [0.2, 0.25) is 0 Å². The van der Waals surface area contributed by atoms with Crippen LogP contribution >= 0.6 is 0 Å². The summed E-state index contributed by atoms with van der Waals surface area (Å²) in [5, 5.41) is 15.7. The Kier molecular flexibility index (Phi) is 5.85. The Morgan fingerprint density at radius 3 is 2.44 bits per heavy atom. The second kappa shape index (κ2) is 8.89. The molecule has 9 nitrogen and oxygen atoms in total. The minimum absolute atomic E-state index is 0.244. The molecular weight excluding hydrogens is 428 g/mol. The zero-order valence-electron chi connectivity index (χ0n) is 16.7. The first kappa shape index (κ1) is 21.0. The third-order valence-electron chi connectivity index (χ3n) is 4.69. The van der Waals surface area contributed by atoms with Gasteiger partial charge >= 0.3 is 10.3 Å². The molecule has 0 atom stereocenters. The predicted octanol–water partition coefficient (Wildman–Crippen LogP) is 3.50. The molecule has 0 aliphatic carbocycles. The molecule has 0 saturated heterocycles. The first-order chi connectivity index (χ1) is 15.4. The molecule has 3 aromatic carbocycles. The minimum Gasteiger partial charge on any atom is -0.269 e. The monoisotopic (exact) mass is 446 g/mol. The van der Waals surface area contributed by atoms with E-state index in [4.69, 9.17) is 4.55 Å². The largest absolute Gasteiger partial charge is 0.357 e. The van der Waals surface area contributed by atoms with Crippen molar-refractivity contribution in [3.05, 3.63) is 96.6 Å². The highest BCUT2D eigenvalue weighted by Gasteiger charge is 2.14. The number of nitrogens with one attached hydrogen (secondary N) is 1. The van der Waals surface area contributed by atoms with Crippen molar-refractivity contribution >= 4 is 21.7 Å². The maximum Gasteiger partial charge on any atom is 0.357 e. The first-order valence-electron chi connectivity index (χ1n) is 9.49. The summed E-state index contributed by atoms with van der Waals surface area (Å²) < 4.78 is 32.9. The zero-order valence-corrected chi connectivity index (χ0v) is 17.5. The Bertz CT molecular complexity index is 1350. The molecule has 0 aliphatic rings. The highest BCUT2D eigenvalue weighted by molar-refractivity contribution is 7.87. The van der Waals surface area contributed by atoms with E-state index in [1.54, 1.807) is 41.4 Å². The predicted molar refractivity (Wildman–Crippen MR) is 120 cm³/mol. The molecule has 160 valence electrons. The van der Waals surface area contributed by atoms with E-state index in [-0.39, 0.29) is 5.69 Å². The molecule has 1 heterocycles. The summed E-state index contributed by atoms with van der Waals surface area (Å²) in [6.45, 7) is 0.385. The third kappa shape index (κ3) is 4.92. The molecule has 0 bridgehead atoms. The Hall–Kier alpha value is -4.20. The Morgan fingerprint density at radius 1 is 1.06 bits per heavy atom. The van der Waals surface area contributed by atoms with Crippen molar-refractivity contribution in [1.29, 1.82) is 5.26 Å². The van der Waals surface area contributed by atoms with Crippen LogP contribution in [0, 0.1) is 11.3 Å². The molecule has 32 heavy (non-hydrogen) atoms. The number of hydrogen-bond donors (Lipinski definition) is 2. The van der Waals surface area contributed by atoms with Gasteiger partial charge in [-0.1, -0.05) is 42.5 Å². The maximum atomic E-state index is 11.0. The maximum absolute atomic E-state index is 11.0. The van der Waals surface area contributed by atoms with Gasteiger partial charge in [0.25, 0.3) is 0 Å². The van der Waals surface area contributed by atoms with Gasteiger partial charge < -0.3 is 0 Å². The molecule has 0 aliphatic heterocycles. The van der Waals surface area contributed by atoms with Crippen LogP contribution in [0.1, 0.15) is 11.1 Å². The lowest BCUT2D eigenvalue weighted by molar-refractivity contribution is 0.489. The lowest BCUT2D eigenvalue weighted by Gasteiger charge is -2.25. The van der Waals surface area contributed by atoms with Crippen LogP contribution < -0.4 is 9.73 Å². The summed E-state index contributed by atoms with van der Waals surface area (Å²) in [5.74, 6) is 0. The highest BCUT2D eigenvalue weighted by atomic mass is 32.2. The van der Waals surface area contributed by atoms with Gasteiger partial charge in [-0.3, -0.25) is 14.3 Å². The molecule has 1 aromatic heterocycles. The number of benzene rings is 3. The normalized spacial score (nSPS) is 11.0. The SMILES string of the molecule is N#Cc1ccc(N(Cc2ccc(NS(=O)(=O)O)cc2)n2cncn2)cc1-c1ccccc1. The summed E-state index contributed by atoms with van der Waals surface area (Å²) in [7, 11) is -4.34. The van der Waals surface area contributed by atoms with Gasteiger partial charge in [-0.2, -0.15) is 18.5 Å². The van der Waals surface area contributed by atoms with E-state index < -0.39 is 10.3 Å². The number of nitrogens with zero attached hydrogens (tertiary/aromatic N) is 5. The Labute approximate surface area is 185 Å². The van der Waals surface area contributed by atoms with E-state index in [1.165, 1.54) is 6.33 Å². The van der Waals surface area contributed by atoms with Gasteiger partial charge in [-0.05, 0) is 41.5 Å². The molecule has 0 amide bonds. The summed E-state index contributed by atoms with van der Waals surface area (Å²) in [5.41, 5.74) is 4.15. The van der Waals surface area contributed by atoms with E-state index in [9.17, 15) is 13.7 Å². The van der Waals surface area contributed by atoms with Crippen molar-refractivity contribution in [2.75, 3.05) is 9.73 Å². The Morgan fingerprint density at radius 2 is 1.81 bits per heavy atom. The van der Waals surface area contributed by atoms with E-state index in [0.717, 1.165) is 22.4 Å². The quantitative estimate of drug-likeness (QED) is 0.416. The number of nitriles is 1. The molecule has 0 fully saturated rings. The molecule has 0 saturated carbocycles. The fourth-order valence-corrected chi connectivity index (χ4v) is 3.69. The molecule has 0 unspecified atom stereocenters. The number of rotatable bonds is 7. The smallest absolute Gasteiger partial charge is 0.269 e. The molecule has 4 aromatic rings. The van der Waals surface area contributed by atoms with Gasteiger partial charge in [0.1, 0.15) is 12.7 Å². The molecular formula is C22H18N6O3S. The highest BCUT2D eigenvalue weighted by Crippen LogP contribution is 2.29. The van der Waals surface area contributed by atoms with Crippen LogP contribution in [0.15, 0.2) is 85.5 Å². The number of hydrogen-bond acceptors (Lipinski definition) is 6. The van der Waals surface area contributed by atoms with Crippen molar-refractivity contribution in [2.45, 2.75) is 6.54 Å². The lowest BCUT2D eigenvalue weighted by Crippen LogP contribution is -2.29. The van der Waals surface area contributed by atoms with Gasteiger partial charge in [-0.25, -0.2) is 4.98 Å². The van der Waals surface area contributed by atoms with E-state index in [1.807, 2.05) is 52.2 Å². The summed E-state index contributed by atoms with van der Waals surface area (Å²) >= 11 is 0. The Balaban J connectivity index is 1.70. The van der Waals surface area contributed by atoms with Crippen LogP contribution in [0.4, 0.5) is 11.4 Å². The van der Waals surface area contributed by atoms with Crippen LogP contribution in [-0.2, 0) is 16.8 Å². The average Bonchev–Trinajstić information content (AvgIpc) is 3.32. The molecule has 2 N–H and O–H groups in total. The van der Waals surface area contributed by atoms with Crippen molar-refractivity contribution < 1.29 is 13.0 Å². The van der Waals surface area contributed by atoms with E-state index >= 15 is 0 Å². The average molecular weight is 446 g/mol. The van der Waals surface area contributed by atoms with Gasteiger partial charge in [-0.15, -0.1) is 5.10 Å². The van der Waals surface area contributed by atoms with Gasteiger partial charge in [0, 0.05) is 5.56 Å². The van der Waals surface area contributed by atoms with Gasteiger partial charge in [0.15, 0.2) is 0 Å². The molecule has 4 rings (SSSR count).